The van der Waals surface area contributed by atoms with Crippen LogP contribution in [-0.4, -0.2) is 5.71 Å². The van der Waals surface area contributed by atoms with Gasteiger partial charge in [-0.05, 0) is 65.4 Å². The summed E-state index contributed by atoms with van der Waals surface area (Å²) in [5, 5.41) is 0. The molecule has 2 aliphatic rings. The Morgan fingerprint density at radius 2 is 1.27 bits per heavy atom. The third-order valence-electron chi connectivity index (χ3n) is 5.83. The summed E-state index contributed by atoms with van der Waals surface area (Å²) in [7, 11) is 0. The lowest BCUT2D eigenvalue weighted by molar-refractivity contribution is 0.732. The van der Waals surface area contributed by atoms with Gasteiger partial charge >= 0.3 is 0 Å². The molecule has 1 nitrogen and oxygen atoms in total. The highest BCUT2D eigenvalue weighted by Gasteiger charge is 2.29. The SMILES string of the molecule is CC(C)c1cccc(C(C)C)c1N=C1C2=C(CCCC2)c2ccccc21. The fourth-order valence-electron chi connectivity index (χ4n) is 4.46. The van der Waals surface area contributed by atoms with E-state index in [4.69, 9.17) is 4.99 Å². The summed E-state index contributed by atoms with van der Waals surface area (Å²) in [6.07, 6.45) is 4.97. The Bertz CT molecular complexity index is 870. The number of allylic oxidation sites excluding steroid dienone is 2. The van der Waals surface area contributed by atoms with Crippen molar-refractivity contribution >= 4 is 17.0 Å². The van der Waals surface area contributed by atoms with Crippen molar-refractivity contribution in [1.29, 1.82) is 0 Å². The van der Waals surface area contributed by atoms with Gasteiger partial charge in [-0.3, -0.25) is 0 Å². The van der Waals surface area contributed by atoms with Gasteiger partial charge in [-0.25, -0.2) is 4.99 Å². The second-order valence-corrected chi connectivity index (χ2v) is 8.26. The van der Waals surface area contributed by atoms with Gasteiger partial charge in [0.2, 0.25) is 0 Å². The van der Waals surface area contributed by atoms with Crippen LogP contribution in [0.5, 0.6) is 0 Å². The standard InChI is InChI=1S/C25H29N/c1-16(2)18-14-9-15-19(17(3)4)24(18)26-25-22-12-7-5-10-20(22)21-11-6-8-13-23(21)25/h5,7,9-10,12,14-17H,6,8,11,13H2,1-4H3. The molecular weight excluding hydrogens is 314 g/mol. The molecule has 4 rings (SSSR count). The molecule has 0 atom stereocenters. The third kappa shape index (κ3) is 2.84. The predicted molar refractivity (Wildman–Crippen MR) is 113 cm³/mol. The summed E-state index contributed by atoms with van der Waals surface area (Å²) in [4.78, 5) is 5.38. The van der Waals surface area contributed by atoms with E-state index in [1.165, 1.54) is 64.9 Å². The van der Waals surface area contributed by atoms with Crippen LogP contribution >= 0.6 is 0 Å². The summed E-state index contributed by atoms with van der Waals surface area (Å²) in [6.45, 7) is 9.10. The molecule has 0 N–H and O–H groups in total. The predicted octanol–water partition coefficient (Wildman–Crippen LogP) is 7.40. The number of rotatable bonds is 3. The molecule has 0 fully saturated rings. The first-order valence-electron chi connectivity index (χ1n) is 10.1. The maximum atomic E-state index is 5.38. The normalized spacial score (nSPS) is 18.0. The quantitative estimate of drug-likeness (QED) is 0.550. The average Bonchev–Trinajstić information content (AvgIpc) is 2.96. The van der Waals surface area contributed by atoms with Crippen molar-refractivity contribution in [1.82, 2.24) is 0 Å². The lowest BCUT2D eigenvalue weighted by Gasteiger charge is -2.18. The van der Waals surface area contributed by atoms with Gasteiger partial charge in [0.05, 0.1) is 11.4 Å². The van der Waals surface area contributed by atoms with Crippen molar-refractivity contribution in [3.05, 3.63) is 70.3 Å². The molecule has 0 heterocycles. The fourth-order valence-corrected chi connectivity index (χ4v) is 4.46. The van der Waals surface area contributed by atoms with Gasteiger partial charge in [-0.15, -0.1) is 0 Å². The van der Waals surface area contributed by atoms with Crippen LogP contribution in [0.25, 0.3) is 5.57 Å². The fraction of sp³-hybridized carbons (Fsp3) is 0.400. The smallest absolute Gasteiger partial charge is 0.0750 e. The van der Waals surface area contributed by atoms with E-state index in [1.807, 2.05) is 0 Å². The van der Waals surface area contributed by atoms with E-state index >= 15 is 0 Å². The van der Waals surface area contributed by atoms with Gasteiger partial charge in [0.1, 0.15) is 0 Å². The van der Waals surface area contributed by atoms with E-state index in [9.17, 15) is 0 Å². The first-order valence-corrected chi connectivity index (χ1v) is 10.1. The highest BCUT2D eigenvalue weighted by atomic mass is 14.8. The number of hydrogen-bond donors (Lipinski definition) is 0. The number of benzene rings is 2. The first-order chi connectivity index (χ1) is 12.6. The molecule has 1 heteroatoms. The molecule has 0 saturated carbocycles. The second kappa shape index (κ2) is 6.87. The number of hydrogen-bond acceptors (Lipinski definition) is 1. The number of para-hydroxylation sites is 1. The van der Waals surface area contributed by atoms with E-state index in [-0.39, 0.29) is 0 Å². The van der Waals surface area contributed by atoms with Crippen LogP contribution in [0.15, 0.2) is 53.0 Å². The van der Waals surface area contributed by atoms with Gasteiger partial charge in [0, 0.05) is 5.56 Å². The average molecular weight is 344 g/mol. The van der Waals surface area contributed by atoms with E-state index in [1.54, 1.807) is 5.57 Å². The Balaban J connectivity index is 1.96. The zero-order chi connectivity index (χ0) is 18.3. The second-order valence-electron chi connectivity index (χ2n) is 8.26. The van der Waals surface area contributed by atoms with Crippen LogP contribution in [0.3, 0.4) is 0 Å². The monoisotopic (exact) mass is 343 g/mol. The minimum absolute atomic E-state index is 0.476. The summed E-state index contributed by atoms with van der Waals surface area (Å²) in [5.41, 5.74) is 11.0. The molecule has 0 saturated heterocycles. The van der Waals surface area contributed by atoms with Gasteiger partial charge in [0.25, 0.3) is 0 Å². The molecule has 0 bridgehead atoms. The first kappa shape index (κ1) is 17.3. The van der Waals surface area contributed by atoms with Gasteiger partial charge in [-0.2, -0.15) is 0 Å². The molecule has 26 heavy (non-hydrogen) atoms. The van der Waals surface area contributed by atoms with Crippen LogP contribution in [0, 0.1) is 0 Å². The molecular formula is C25H29N. The summed E-state index contributed by atoms with van der Waals surface area (Å²) < 4.78 is 0. The molecule has 0 aliphatic heterocycles. The Labute approximate surface area is 157 Å². The van der Waals surface area contributed by atoms with E-state index in [0.29, 0.717) is 11.8 Å². The molecule has 0 aromatic heterocycles. The van der Waals surface area contributed by atoms with Gasteiger partial charge in [-0.1, -0.05) is 70.2 Å². The molecule has 0 amide bonds. The third-order valence-corrected chi connectivity index (χ3v) is 5.83. The van der Waals surface area contributed by atoms with E-state index in [2.05, 4.69) is 70.2 Å². The number of fused-ring (bicyclic) bond motifs is 2. The Hall–Kier alpha value is -2.15. The zero-order valence-electron chi connectivity index (χ0n) is 16.5. The lowest BCUT2D eigenvalue weighted by atomic mass is 9.91. The Morgan fingerprint density at radius 3 is 1.88 bits per heavy atom. The highest BCUT2D eigenvalue weighted by molar-refractivity contribution is 6.24. The van der Waals surface area contributed by atoms with Crippen LogP contribution in [0.2, 0.25) is 0 Å². The van der Waals surface area contributed by atoms with Crippen molar-refractivity contribution in [3.63, 3.8) is 0 Å². The van der Waals surface area contributed by atoms with Crippen molar-refractivity contribution in [2.24, 2.45) is 4.99 Å². The van der Waals surface area contributed by atoms with Crippen molar-refractivity contribution in [2.45, 2.75) is 65.2 Å². The molecule has 2 aliphatic carbocycles. The molecule has 2 aromatic carbocycles. The lowest BCUT2D eigenvalue weighted by Crippen LogP contribution is -2.05. The van der Waals surface area contributed by atoms with E-state index < -0.39 is 0 Å². The minimum atomic E-state index is 0.476. The number of aliphatic imine (C=N–C) groups is 1. The zero-order valence-corrected chi connectivity index (χ0v) is 16.5. The van der Waals surface area contributed by atoms with Crippen molar-refractivity contribution in [3.8, 4) is 0 Å². The molecule has 0 unspecified atom stereocenters. The molecule has 134 valence electrons. The number of nitrogens with zero attached hydrogens (tertiary/aromatic N) is 1. The summed E-state index contributed by atoms with van der Waals surface area (Å²) in [5.74, 6) is 0.953. The largest absolute Gasteiger partial charge is 0.248 e. The van der Waals surface area contributed by atoms with Crippen LogP contribution in [0.4, 0.5) is 5.69 Å². The maximum absolute atomic E-state index is 5.38. The maximum Gasteiger partial charge on any atom is 0.0750 e. The minimum Gasteiger partial charge on any atom is -0.248 e. The Morgan fingerprint density at radius 1 is 0.692 bits per heavy atom. The van der Waals surface area contributed by atoms with Crippen LogP contribution < -0.4 is 0 Å². The topological polar surface area (TPSA) is 12.4 Å². The summed E-state index contributed by atoms with van der Waals surface area (Å²) in [6, 6.07) is 15.6. The Kier molecular flexibility index (Phi) is 4.56. The van der Waals surface area contributed by atoms with Crippen molar-refractivity contribution in [2.75, 3.05) is 0 Å². The van der Waals surface area contributed by atoms with E-state index in [0.717, 1.165) is 0 Å². The van der Waals surface area contributed by atoms with Gasteiger partial charge in [0.15, 0.2) is 0 Å². The van der Waals surface area contributed by atoms with Crippen molar-refractivity contribution < 1.29 is 0 Å². The molecule has 0 radical (unpaired) electrons. The molecule has 2 aromatic rings. The molecule has 0 spiro atoms. The van der Waals surface area contributed by atoms with Gasteiger partial charge < -0.3 is 0 Å². The van der Waals surface area contributed by atoms with Crippen LogP contribution in [0.1, 0.15) is 87.5 Å². The summed E-state index contributed by atoms with van der Waals surface area (Å²) >= 11 is 0. The highest BCUT2D eigenvalue weighted by Crippen LogP contribution is 2.44. The van der Waals surface area contributed by atoms with Crippen LogP contribution in [-0.2, 0) is 0 Å².